The lowest BCUT2D eigenvalue weighted by Crippen LogP contribution is -2.09. The van der Waals surface area contributed by atoms with Gasteiger partial charge in [0.05, 0.1) is 0 Å². The predicted octanol–water partition coefficient (Wildman–Crippen LogP) is 2.28. The highest BCUT2D eigenvalue weighted by atomic mass is 79.9. The Kier molecular flexibility index (Phi) is 2.31. The number of halogens is 1. The first-order valence-electron chi connectivity index (χ1n) is 2.91. The zero-order chi connectivity index (χ0) is 7.72. The number of nitrogens with zero attached hydrogens (tertiary/aromatic N) is 2. The molecule has 1 aromatic rings. The van der Waals surface area contributed by atoms with Crippen molar-refractivity contribution in [1.82, 2.24) is 4.98 Å². The molecule has 0 fully saturated rings. The van der Waals surface area contributed by atoms with Crippen LogP contribution in [0.5, 0.6) is 0 Å². The zero-order valence-corrected chi connectivity index (χ0v) is 8.58. The minimum Gasteiger partial charge on any atom is -0.362 e. The molecule has 1 aromatic heterocycles. The van der Waals surface area contributed by atoms with Crippen molar-refractivity contribution in [2.24, 2.45) is 0 Å². The van der Waals surface area contributed by atoms with Crippen LogP contribution in [0.4, 0.5) is 5.82 Å². The van der Waals surface area contributed by atoms with E-state index in [1.807, 2.05) is 19.0 Å². The second kappa shape index (κ2) is 2.88. The first-order valence-corrected chi connectivity index (χ1v) is 4.52. The fraction of sp³-hybridized carbons (Fsp3) is 0.500. The van der Waals surface area contributed by atoms with Gasteiger partial charge in [-0.1, -0.05) is 0 Å². The number of aryl methyl sites for hydroxylation is 1. The summed E-state index contributed by atoms with van der Waals surface area (Å²) in [6, 6.07) is 0. The molecule has 0 aromatic carbocycles. The lowest BCUT2D eigenvalue weighted by Gasteiger charge is -2.07. The van der Waals surface area contributed by atoms with E-state index in [-0.39, 0.29) is 0 Å². The predicted molar refractivity (Wildman–Crippen MR) is 48.9 cm³/mol. The molecular weight excluding hydrogens is 212 g/mol. The third kappa shape index (κ3) is 1.49. The molecule has 4 heteroatoms. The highest BCUT2D eigenvalue weighted by Crippen LogP contribution is 2.27. The summed E-state index contributed by atoms with van der Waals surface area (Å²) in [5, 5.41) is 0. The van der Waals surface area contributed by atoms with E-state index in [1.54, 1.807) is 11.3 Å². The van der Waals surface area contributed by atoms with Gasteiger partial charge in [0.25, 0.3) is 0 Å². The highest BCUT2D eigenvalue weighted by molar-refractivity contribution is 9.11. The molecule has 10 heavy (non-hydrogen) atoms. The normalized spacial score (nSPS) is 10.0. The van der Waals surface area contributed by atoms with Gasteiger partial charge in [-0.15, -0.1) is 11.3 Å². The van der Waals surface area contributed by atoms with Crippen molar-refractivity contribution in [3.05, 3.63) is 8.79 Å². The van der Waals surface area contributed by atoms with E-state index in [4.69, 9.17) is 0 Å². The van der Waals surface area contributed by atoms with E-state index in [9.17, 15) is 0 Å². The minimum absolute atomic E-state index is 0.953. The third-order valence-electron chi connectivity index (χ3n) is 1.17. The molecule has 0 aliphatic carbocycles. The van der Waals surface area contributed by atoms with Crippen LogP contribution >= 0.6 is 27.3 Å². The Morgan fingerprint density at radius 2 is 2.10 bits per heavy atom. The molecule has 0 saturated carbocycles. The van der Waals surface area contributed by atoms with Gasteiger partial charge in [-0.05, 0) is 22.9 Å². The SMILES string of the molecule is Cc1sc(Br)nc1N(C)C. The van der Waals surface area contributed by atoms with E-state index in [1.165, 1.54) is 4.88 Å². The van der Waals surface area contributed by atoms with Crippen LogP contribution < -0.4 is 4.90 Å². The summed E-state index contributed by atoms with van der Waals surface area (Å²) in [7, 11) is 3.99. The first kappa shape index (κ1) is 8.01. The van der Waals surface area contributed by atoms with Crippen LogP contribution in [0.1, 0.15) is 4.88 Å². The third-order valence-corrected chi connectivity index (χ3v) is 2.58. The largest absolute Gasteiger partial charge is 0.362 e. The monoisotopic (exact) mass is 220 g/mol. The molecule has 0 saturated heterocycles. The maximum absolute atomic E-state index is 4.27. The molecule has 2 nitrogen and oxygen atoms in total. The van der Waals surface area contributed by atoms with Crippen molar-refractivity contribution in [3.63, 3.8) is 0 Å². The molecule has 0 spiro atoms. The van der Waals surface area contributed by atoms with E-state index >= 15 is 0 Å². The molecule has 0 aliphatic heterocycles. The van der Waals surface area contributed by atoms with Crippen molar-refractivity contribution in [2.45, 2.75) is 6.92 Å². The average Bonchev–Trinajstić information content (AvgIpc) is 2.10. The summed E-state index contributed by atoms with van der Waals surface area (Å²) < 4.78 is 0.953. The van der Waals surface area contributed by atoms with Crippen LogP contribution in [0.3, 0.4) is 0 Å². The summed E-state index contributed by atoms with van der Waals surface area (Å²) in [6.07, 6.45) is 0. The van der Waals surface area contributed by atoms with Crippen LogP contribution in [-0.2, 0) is 0 Å². The molecule has 0 bridgehead atoms. The number of hydrogen-bond acceptors (Lipinski definition) is 3. The van der Waals surface area contributed by atoms with Crippen molar-refractivity contribution in [3.8, 4) is 0 Å². The van der Waals surface area contributed by atoms with Crippen LogP contribution in [0, 0.1) is 6.92 Å². The fourth-order valence-electron chi connectivity index (χ4n) is 0.772. The Morgan fingerprint density at radius 1 is 1.50 bits per heavy atom. The summed E-state index contributed by atoms with van der Waals surface area (Å²) in [5.41, 5.74) is 0. The lowest BCUT2D eigenvalue weighted by molar-refractivity contribution is 1.07. The number of hydrogen-bond donors (Lipinski definition) is 0. The fourth-order valence-corrected chi connectivity index (χ4v) is 2.37. The molecule has 1 heterocycles. The molecule has 0 N–H and O–H groups in total. The van der Waals surface area contributed by atoms with Gasteiger partial charge in [0, 0.05) is 19.0 Å². The van der Waals surface area contributed by atoms with Crippen LogP contribution in [0.15, 0.2) is 3.92 Å². The summed E-state index contributed by atoms with van der Waals surface area (Å²) >= 11 is 4.99. The molecule has 0 unspecified atom stereocenters. The molecule has 56 valence electrons. The van der Waals surface area contributed by atoms with Gasteiger partial charge in [0.1, 0.15) is 5.82 Å². The lowest BCUT2D eigenvalue weighted by atomic mass is 10.5. The van der Waals surface area contributed by atoms with Crippen molar-refractivity contribution >= 4 is 33.1 Å². The molecule has 0 atom stereocenters. The highest BCUT2D eigenvalue weighted by Gasteiger charge is 2.05. The van der Waals surface area contributed by atoms with Gasteiger partial charge >= 0.3 is 0 Å². The maximum Gasteiger partial charge on any atom is 0.161 e. The Labute approximate surface area is 73.0 Å². The summed E-state index contributed by atoms with van der Waals surface area (Å²) in [6.45, 7) is 2.07. The smallest absolute Gasteiger partial charge is 0.161 e. The summed E-state index contributed by atoms with van der Waals surface area (Å²) in [4.78, 5) is 7.53. The van der Waals surface area contributed by atoms with Gasteiger partial charge in [0.15, 0.2) is 3.92 Å². The summed E-state index contributed by atoms with van der Waals surface area (Å²) in [5.74, 6) is 1.05. The molecular formula is C6H9BrN2S. The molecule has 0 aliphatic rings. The number of anilines is 1. The zero-order valence-electron chi connectivity index (χ0n) is 6.18. The van der Waals surface area contributed by atoms with Gasteiger partial charge < -0.3 is 4.90 Å². The second-order valence-electron chi connectivity index (χ2n) is 2.24. The second-order valence-corrected chi connectivity index (χ2v) is 4.72. The Hall–Kier alpha value is -0.0900. The van der Waals surface area contributed by atoms with E-state index in [2.05, 4.69) is 27.8 Å². The van der Waals surface area contributed by atoms with Crippen LogP contribution in [0.25, 0.3) is 0 Å². The quantitative estimate of drug-likeness (QED) is 0.723. The Balaban J connectivity index is 3.03. The average molecular weight is 221 g/mol. The van der Waals surface area contributed by atoms with Crippen molar-refractivity contribution in [2.75, 3.05) is 19.0 Å². The van der Waals surface area contributed by atoms with E-state index in [0.29, 0.717) is 0 Å². The van der Waals surface area contributed by atoms with Crippen molar-refractivity contribution in [1.29, 1.82) is 0 Å². The van der Waals surface area contributed by atoms with E-state index < -0.39 is 0 Å². The number of thiazole rings is 1. The Bertz CT molecular complexity index is 232. The maximum atomic E-state index is 4.27. The first-order chi connectivity index (χ1) is 4.61. The number of rotatable bonds is 1. The Morgan fingerprint density at radius 3 is 2.30 bits per heavy atom. The van der Waals surface area contributed by atoms with Gasteiger partial charge in [-0.3, -0.25) is 0 Å². The molecule has 0 amide bonds. The topological polar surface area (TPSA) is 16.1 Å². The molecule has 0 radical (unpaired) electrons. The van der Waals surface area contributed by atoms with Gasteiger partial charge in [-0.2, -0.15) is 0 Å². The molecule has 1 rings (SSSR count). The van der Waals surface area contributed by atoms with Crippen LogP contribution in [-0.4, -0.2) is 19.1 Å². The number of aromatic nitrogens is 1. The minimum atomic E-state index is 0.953. The van der Waals surface area contributed by atoms with Crippen molar-refractivity contribution < 1.29 is 0 Å². The van der Waals surface area contributed by atoms with Crippen LogP contribution in [0.2, 0.25) is 0 Å². The standard InChI is InChI=1S/C6H9BrN2S/c1-4-5(9(2)3)8-6(7)10-4/h1-3H3. The van der Waals surface area contributed by atoms with Gasteiger partial charge in [0.2, 0.25) is 0 Å². The van der Waals surface area contributed by atoms with E-state index in [0.717, 1.165) is 9.73 Å². The van der Waals surface area contributed by atoms with Gasteiger partial charge in [-0.25, -0.2) is 4.98 Å².